The van der Waals surface area contributed by atoms with E-state index in [1.807, 2.05) is 0 Å². The van der Waals surface area contributed by atoms with Crippen LogP contribution in [0.3, 0.4) is 0 Å². The molecule has 0 aliphatic heterocycles. The van der Waals surface area contributed by atoms with Gasteiger partial charge in [-0.1, -0.05) is 0 Å². The molecule has 0 rings (SSSR count). The maximum absolute atomic E-state index is 0. The topological polar surface area (TPSA) is 57.0 Å². The van der Waals surface area contributed by atoms with Crippen molar-refractivity contribution in [3.05, 3.63) is 0 Å². The third-order valence-corrected chi connectivity index (χ3v) is 0. The van der Waals surface area contributed by atoms with Gasteiger partial charge in [0.2, 0.25) is 0 Å². The van der Waals surface area contributed by atoms with Crippen LogP contribution in [0.15, 0.2) is 0 Å². The van der Waals surface area contributed by atoms with Crippen molar-refractivity contribution in [1.29, 1.82) is 0 Å². The molecule has 0 fully saturated rings. The minimum Gasteiger partial charge on any atom is -2.00 e. The van der Waals surface area contributed by atoms with Gasteiger partial charge in [0.15, 0.2) is 0 Å². The molecule has 0 aromatic heterocycles. The van der Waals surface area contributed by atoms with Gasteiger partial charge in [-0.15, -0.1) is 0 Å². The Hall–Kier alpha value is 1.98. The van der Waals surface area contributed by atoms with Crippen LogP contribution < -0.4 is 0 Å². The zero-order chi connectivity index (χ0) is 0. The fraction of sp³-hybridized carbons (Fsp3) is 0. The standard InChI is InChI=1S/Nb.2O.Th/q+5;2*-2;+4. The molecule has 2 nitrogen and oxygen atoms in total. The Morgan fingerprint density at radius 2 is 0.750 bits per heavy atom. The molecule has 0 aromatic rings. The van der Waals surface area contributed by atoms with E-state index in [4.69, 9.17) is 0 Å². The van der Waals surface area contributed by atoms with Gasteiger partial charge in [-0.25, -0.2) is 0 Å². The molecular formula is NbO2Th+5. The molecule has 0 unspecified atom stereocenters. The minimum atomic E-state index is 0. The van der Waals surface area contributed by atoms with Gasteiger partial charge < -0.3 is 11.0 Å². The van der Waals surface area contributed by atoms with E-state index in [2.05, 4.69) is 0 Å². The monoisotopic (exact) mass is 357 g/mol. The van der Waals surface area contributed by atoms with Crippen molar-refractivity contribution in [2.45, 2.75) is 0 Å². The average Bonchev–Trinajstić information content (AvgIpc) is 0. The first-order valence-corrected chi connectivity index (χ1v) is 0. The van der Waals surface area contributed by atoms with E-state index in [1.165, 1.54) is 0 Å². The summed E-state index contributed by atoms with van der Waals surface area (Å²) in [5.41, 5.74) is 0. The van der Waals surface area contributed by atoms with Crippen LogP contribution in [0.1, 0.15) is 0 Å². The van der Waals surface area contributed by atoms with Crippen molar-refractivity contribution in [2.75, 3.05) is 0 Å². The zero-order valence-electron chi connectivity index (χ0n) is 1.76. The van der Waals surface area contributed by atoms with Gasteiger partial charge in [-0.3, -0.25) is 0 Å². The second-order valence-corrected chi connectivity index (χ2v) is 0. The van der Waals surface area contributed by atoms with Gasteiger partial charge in [-0.05, 0) is 0 Å². The van der Waals surface area contributed by atoms with E-state index in [9.17, 15) is 0 Å². The SMILES string of the molecule is [Nb+5].[O-2].[O-2].[Th+4]. The molecule has 4 heteroatoms. The second-order valence-electron chi connectivity index (χ2n) is 0. The van der Waals surface area contributed by atoms with E-state index in [0.29, 0.717) is 0 Å². The average molecular weight is 357 g/mol. The van der Waals surface area contributed by atoms with E-state index in [0.717, 1.165) is 0 Å². The maximum atomic E-state index is 0. The Morgan fingerprint density at radius 3 is 0.750 bits per heavy atom. The van der Waals surface area contributed by atoms with Crippen LogP contribution in [-0.4, -0.2) is 0 Å². The largest absolute Gasteiger partial charge is 5.00 e. The first-order valence-electron chi connectivity index (χ1n) is 0. The fourth-order valence-electron chi connectivity index (χ4n) is 0. The van der Waals surface area contributed by atoms with Gasteiger partial charge in [0.05, 0.1) is 0 Å². The molecule has 16 valence electrons. The van der Waals surface area contributed by atoms with Crippen LogP contribution >= 0.6 is 0 Å². The Bertz CT molecular complexity index is 6.00. The van der Waals surface area contributed by atoms with Gasteiger partial charge in [-0.2, -0.15) is 0 Å². The summed E-state index contributed by atoms with van der Waals surface area (Å²) in [6.45, 7) is 0. The molecule has 0 aliphatic rings. The van der Waals surface area contributed by atoms with E-state index < -0.39 is 0 Å². The third kappa shape index (κ3) is 9.01. The van der Waals surface area contributed by atoms with Crippen molar-refractivity contribution >= 4 is 0 Å². The second kappa shape index (κ2) is 20.1. The molecular weight excluding hydrogens is 357 g/mol. The van der Waals surface area contributed by atoms with Crippen molar-refractivity contribution in [1.82, 2.24) is 0 Å². The summed E-state index contributed by atoms with van der Waals surface area (Å²) in [5, 5.41) is 0. The number of hydrogen-bond donors (Lipinski definition) is 0. The fourth-order valence-corrected chi connectivity index (χ4v) is 0. The van der Waals surface area contributed by atoms with Crippen molar-refractivity contribution in [2.24, 2.45) is 0 Å². The Balaban J connectivity index is 0. The molecule has 0 aromatic carbocycles. The van der Waals surface area contributed by atoms with Crippen LogP contribution in [0.25, 0.3) is 0 Å². The summed E-state index contributed by atoms with van der Waals surface area (Å²) in [6.07, 6.45) is 0. The first kappa shape index (κ1) is 37.7. The number of hydrogen-bond acceptors (Lipinski definition) is 0. The van der Waals surface area contributed by atoms with Crippen LogP contribution in [-0.2, 0) is 33.3 Å². The zero-order valence-corrected chi connectivity index (χ0v) is 8.07. The molecule has 0 spiro atoms. The summed E-state index contributed by atoms with van der Waals surface area (Å²) in [5.74, 6) is 0. The van der Waals surface area contributed by atoms with Gasteiger partial charge in [0.25, 0.3) is 0 Å². The van der Waals surface area contributed by atoms with Crippen LogP contribution in [0.5, 0.6) is 0 Å². The molecule has 0 saturated carbocycles. The van der Waals surface area contributed by atoms with Crippen LogP contribution in [0.2, 0.25) is 0 Å². The summed E-state index contributed by atoms with van der Waals surface area (Å²) < 4.78 is 0. The normalized spacial score (nSPS) is 0. The predicted octanol–water partition coefficient (Wildman–Crippen LogP) is -0.240. The minimum absolute atomic E-state index is 0. The number of rotatable bonds is 0. The smallest absolute Gasteiger partial charge is 2.00 e. The van der Waals surface area contributed by atoms with E-state index in [1.54, 1.807) is 0 Å². The molecule has 0 aliphatic carbocycles. The molecule has 4 heavy (non-hydrogen) atoms. The summed E-state index contributed by atoms with van der Waals surface area (Å²) in [4.78, 5) is 0. The van der Waals surface area contributed by atoms with Crippen LogP contribution in [0.4, 0.5) is 0 Å². The molecule has 0 radical (unpaired) electrons. The van der Waals surface area contributed by atoms with Gasteiger partial charge in [0.1, 0.15) is 0 Å². The molecule has 0 bridgehead atoms. The van der Waals surface area contributed by atoms with E-state index in [-0.39, 0.29) is 73.3 Å². The first-order chi connectivity index (χ1) is 0. The Morgan fingerprint density at radius 1 is 0.750 bits per heavy atom. The Labute approximate surface area is 72.1 Å². The summed E-state index contributed by atoms with van der Waals surface area (Å²) in [6, 6.07) is 0. The molecule has 0 atom stereocenters. The van der Waals surface area contributed by atoms with Crippen molar-refractivity contribution in [3.8, 4) is 0 Å². The molecule has 0 N–H and O–H groups in total. The predicted molar refractivity (Wildman–Crippen MR) is 1.37 cm³/mol. The summed E-state index contributed by atoms with van der Waals surface area (Å²) in [7, 11) is 0. The Kier molecular flexibility index (Phi) is 190. The summed E-state index contributed by atoms with van der Waals surface area (Å²) >= 11 is 0. The van der Waals surface area contributed by atoms with Crippen molar-refractivity contribution < 1.29 is 73.3 Å². The molecule has 0 amide bonds. The quantitative estimate of drug-likeness (QED) is 0.538. The maximum Gasteiger partial charge on any atom is 5.00 e. The van der Waals surface area contributed by atoms with Crippen molar-refractivity contribution in [3.63, 3.8) is 0 Å². The third-order valence-electron chi connectivity index (χ3n) is 0. The van der Waals surface area contributed by atoms with Gasteiger partial charge in [0, 0.05) is 0 Å². The van der Waals surface area contributed by atoms with Crippen LogP contribution in [0, 0.1) is 39.9 Å². The molecule has 0 saturated heterocycles. The van der Waals surface area contributed by atoms with Gasteiger partial charge >= 0.3 is 62.3 Å². The van der Waals surface area contributed by atoms with E-state index >= 15 is 0 Å². The molecule has 0 heterocycles.